The fourth-order valence-corrected chi connectivity index (χ4v) is 3.84. The van der Waals surface area contributed by atoms with Gasteiger partial charge in [0.1, 0.15) is 0 Å². The molecule has 0 radical (unpaired) electrons. The summed E-state index contributed by atoms with van der Waals surface area (Å²) in [5.74, 6) is 1.55. The molecule has 0 unspecified atom stereocenters. The normalized spacial score (nSPS) is 33.1. The second-order valence-electron chi connectivity index (χ2n) is 6.11. The summed E-state index contributed by atoms with van der Waals surface area (Å²) in [6.07, 6.45) is 5.17. The molecule has 2 heterocycles. The van der Waals surface area contributed by atoms with Gasteiger partial charge in [-0.2, -0.15) is 0 Å². The number of rotatable bonds is 0. The Kier molecular flexibility index (Phi) is 3.00. The maximum absolute atomic E-state index is 12.2. The van der Waals surface area contributed by atoms with Crippen molar-refractivity contribution in [3.8, 4) is 0 Å². The molecule has 3 nitrogen and oxygen atoms in total. The lowest BCUT2D eigenvalue weighted by atomic mass is 9.87. The van der Waals surface area contributed by atoms with Crippen LogP contribution in [0.15, 0.2) is 11.1 Å². The van der Waals surface area contributed by atoms with Crippen molar-refractivity contribution in [1.82, 2.24) is 4.90 Å². The zero-order chi connectivity index (χ0) is 12.7. The van der Waals surface area contributed by atoms with Crippen LogP contribution in [0.3, 0.4) is 0 Å². The molecule has 3 aliphatic rings. The third kappa shape index (κ3) is 2.00. The van der Waals surface area contributed by atoms with E-state index >= 15 is 0 Å². The molecule has 0 spiro atoms. The molecule has 3 rings (SSSR count). The summed E-state index contributed by atoms with van der Waals surface area (Å²) in [5, 5.41) is 0. The van der Waals surface area contributed by atoms with Crippen LogP contribution in [0.25, 0.3) is 0 Å². The quantitative estimate of drug-likeness (QED) is 0.658. The minimum atomic E-state index is 0.317. The van der Waals surface area contributed by atoms with Gasteiger partial charge in [0.15, 0.2) is 5.78 Å². The molecule has 1 amide bonds. The van der Waals surface area contributed by atoms with E-state index < -0.39 is 0 Å². The van der Waals surface area contributed by atoms with Gasteiger partial charge in [-0.1, -0.05) is 12.5 Å². The largest absolute Gasteiger partial charge is 0.342 e. The van der Waals surface area contributed by atoms with Crippen LogP contribution in [-0.4, -0.2) is 29.7 Å². The summed E-state index contributed by atoms with van der Waals surface area (Å²) in [4.78, 5) is 26.3. The van der Waals surface area contributed by atoms with Crippen LogP contribution in [0.4, 0.5) is 0 Å². The maximum atomic E-state index is 12.2. The Hall–Kier alpha value is -1.12. The zero-order valence-corrected chi connectivity index (χ0v) is 11.1. The molecule has 2 bridgehead atoms. The Balaban J connectivity index is 1.97. The van der Waals surface area contributed by atoms with Crippen molar-refractivity contribution in [1.29, 1.82) is 0 Å². The molecule has 0 aromatic heterocycles. The van der Waals surface area contributed by atoms with E-state index in [9.17, 15) is 9.59 Å². The van der Waals surface area contributed by atoms with Crippen molar-refractivity contribution < 1.29 is 9.59 Å². The van der Waals surface area contributed by atoms with Crippen molar-refractivity contribution in [3.63, 3.8) is 0 Å². The number of carbonyl (C=O) groups excluding carboxylic acids is 2. The van der Waals surface area contributed by atoms with Gasteiger partial charge in [-0.3, -0.25) is 9.59 Å². The van der Waals surface area contributed by atoms with E-state index in [2.05, 4.69) is 6.92 Å². The average Bonchev–Trinajstić information content (AvgIpc) is 2.53. The Morgan fingerprint density at radius 2 is 1.94 bits per heavy atom. The van der Waals surface area contributed by atoms with Crippen molar-refractivity contribution in [3.05, 3.63) is 11.1 Å². The fourth-order valence-electron chi connectivity index (χ4n) is 3.84. The highest BCUT2D eigenvalue weighted by Crippen LogP contribution is 2.40. The molecule has 0 aromatic rings. The Labute approximate surface area is 108 Å². The van der Waals surface area contributed by atoms with E-state index in [0.717, 1.165) is 44.3 Å². The van der Waals surface area contributed by atoms with E-state index in [1.807, 2.05) is 4.90 Å². The molecule has 98 valence electrons. The van der Waals surface area contributed by atoms with Crippen LogP contribution in [0.5, 0.6) is 0 Å². The molecule has 1 saturated heterocycles. The lowest BCUT2D eigenvalue weighted by molar-refractivity contribution is -0.132. The number of ketones is 1. The Morgan fingerprint density at radius 3 is 2.78 bits per heavy atom. The monoisotopic (exact) mass is 247 g/mol. The fraction of sp³-hybridized carbons (Fsp3) is 0.733. The third-order valence-corrected chi connectivity index (χ3v) is 4.72. The highest BCUT2D eigenvalue weighted by Gasteiger charge is 2.35. The van der Waals surface area contributed by atoms with Crippen molar-refractivity contribution in [2.75, 3.05) is 13.1 Å². The van der Waals surface area contributed by atoms with Crippen molar-refractivity contribution in [2.24, 2.45) is 11.8 Å². The second kappa shape index (κ2) is 4.52. The number of Topliss-reactive ketones (excluding diaryl/α,β-unsaturated/α-hetero) is 1. The molecular weight excluding hydrogens is 226 g/mol. The van der Waals surface area contributed by atoms with Gasteiger partial charge in [0.05, 0.1) is 0 Å². The van der Waals surface area contributed by atoms with Gasteiger partial charge in [-0.25, -0.2) is 0 Å². The van der Waals surface area contributed by atoms with Crippen LogP contribution in [0, 0.1) is 11.8 Å². The first kappa shape index (κ1) is 11.9. The Bertz CT molecular complexity index is 424. The van der Waals surface area contributed by atoms with Crippen LogP contribution in [0.1, 0.15) is 45.4 Å². The van der Waals surface area contributed by atoms with Crippen molar-refractivity contribution >= 4 is 11.7 Å². The van der Waals surface area contributed by atoms with E-state index in [1.54, 1.807) is 0 Å². The van der Waals surface area contributed by atoms with E-state index in [0.29, 0.717) is 36.4 Å². The van der Waals surface area contributed by atoms with Crippen LogP contribution >= 0.6 is 0 Å². The molecule has 2 aliphatic heterocycles. The van der Waals surface area contributed by atoms with Crippen LogP contribution in [0.2, 0.25) is 0 Å². The standard InChI is InChI=1S/C15H21NO2/c1-10-7-11-9-14(17)13-3-2-5-16(15(18)8-10)6-4-12(11)13/h10-11H,2-9H2,1H3/t10-,11-/m1/s1. The number of allylic oxidation sites excluding steroid dienone is 1. The summed E-state index contributed by atoms with van der Waals surface area (Å²) in [6.45, 7) is 3.81. The van der Waals surface area contributed by atoms with Crippen LogP contribution in [-0.2, 0) is 9.59 Å². The Morgan fingerprint density at radius 1 is 1.11 bits per heavy atom. The van der Waals surface area contributed by atoms with E-state index in [1.165, 1.54) is 5.57 Å². The van der Waals surface area contributed by atoms with Gasteiger partial charge in [0.25, 0.3) is 0 Å². The summed E-state index contributed by atoms with van der Waals surface area (Å²) in [7, 11) is 0. The zero-order valence-electron chi connectivity index (χ0n) is 11.1. The molecule has 0 N–H and O–H groups in total. The highest BCUT2D eigenvalue weighted by molar-refractivity contribution is 5.99. The summed E-state index contributed by atoms with van der Waals surface area (Å²) >= 11 is 0. The number of fused-ring (bicyclic) bond motifs is 2. The molecule has 2 atom stereocenters. The molecule has 0 saturated carbocycles. The van der Waals surface area contributed by atoms with Gasteiger partial charge >= 0.3 is 0 Å². The van der Waals surface area contributed by atoms with Crippen LogP contribution < -0.4 is 0 Å². The molecule has 1 fully saturated rings. The first-order valence-corrected chi connectivity index (χ1v) is 7.18. The highest BCUT2D eigenvalue weighted by atomic mass is 16.2. The summed E-state index contributed by atoms with van der Waals surface area (Å²) < 4.78 is 0. The topological polar surface area (TPSA) is 37.4 Å². The second-order valence-corrected chi connectivity index (χ2v) is 6.11. The lowest BCUT2D eigenvalue weighted by Crippen LogP contribution is -2.34. The lowest BCUT2D eigenvalue weighted by Gasteiger charge is -2.25. The average molecular weight is 247 g/mol. The predicted molar refractivity (Wildman–Crippen MR) is 69.0 cm³/mol. The maximum Gasteiger partial charge on any atom is 0.222 e. The number of nitrogens with zero attached hydrogens (tertiary/aromatic N) is 1. The minimum absolute atomic E-state index is 0.317. The molecular formula is C15H21NO2. The minimum Gasteiger partial charge on any atom is -0.342 e. The molecule has 0 aromatic carbocycles. The summed E-state index contributed by atoms with van der Waals surface area (Å²) in [5.41, 5.74) is 2.52. The summed E-state index contributed by atoms with van der Waals surface area (Å²) in [6, 6.07) is 0. The SMILES string of the molecule is C[C@H]1CC(=O)N2CCCC3=C(CC2)[C@@H](CC3=O)C1. The van der Waals surface area contributed by atoms with E-state index in [4.69, 9.17) is 0 Å². The van der Waals surface area contributed by atoms with Gasteiger partial charge in [0, 0.05) is 25.9 Å². The smallest absolute Gasteiger partial charge is 0.222 e. The van der Waals surface area contributed by atoms with Gasteiger partial charge < -0.3 is 4.90 Å². The van der Waals surface area contributed by atoms with Gasteiger partial charge in [-0.15, -0.1) is 0 Å². The first-order chi connectivity index (χ1) is 8.65. The molecule has 3 heteroatoms. The first-order valence-electron chi connectivity index (χ1n) is 7.18. The number of carbonyl (C=O) groups is 2. The number of amides is 1. The molecule has 1 aliphatic carbocycles. The molecule has 18 heavy (non-hydrogen) atoms. The number of hydrogen-bond donors (Lipinski definition) is 0. The predicted octanol–water partition coefficient (Wildman–Crippen LogP) is 2.31. The van der Waals surface area contributed by atoms with Crippen molar-refractivity contribution in [2.45, 2.75) is 45.4 Å². The van der Waals surface area contributed by atoms with Gasteiger partial charge in [0.2, 0.25) is 5.91 Å². The van der Waals surface area contributed by atoms with E-state index in [-0.39, 0.29) is 0 Å². The number of hydrogen-bond acceptors (Lipinski definition) is 2. The van der Waals surface area contributed by atoms with Gasteiger partial charge in [-0.05, 0) is 43.1 Å². The third-order valence-electron chi connectivity index (χ3n) is 4.72.